The normalized spacial score (nSPS) is 11.3. The Hall–Kier alpha value is -3.96. The Morgan fingerprint density at radius 3 is 2.48 bits per heavy atom. The maximum Gasteiger partial charge on any atom is 0.420 e. The molecule has 1 aromatic heterocycles. The molecule has 2 aromatic carbocycles. The molecular formula is C19H14F4N4O4. The number of nitrogens with zero attached hydrogens (tertiary/aromatic N) is 3. The van der Waals surface area contributed by atoms with Crippen LogP contribution in [-0.2, 0) is 11.0 Å². The summed E-state index contributed by atoms with van der Waals surface area (Å²) in [5.41, 5.74) is -1.17. The monoisotopic (exact) mass is 438 g/mol. The molecule has 0 unspecified atom stereocenters. The molecular weight excluding hydrogens is 424 g/mol. The SMILES string of the molecule is Cc1cc(NC(=O)COc2ccc([N+](=O)[O-])cc2C(F)(F)F)n(-c2ccc(F)cc2)n1. The first kappa shape index (κ1) is 21.7. The fraction of sp³-hybridized carbons (Fsp3) is 0.158. The van der Waals surface area contributed by atoms with Crippen molar-refractivity contribution < 1.29 is 32.0 Å². The van der Waals surface area contributed by atoms with E-state index in [0.29, 0.717) is 17.4 Å². The first-order chi connectivity index (χ1) is 14.5. The highest BCUT2D eigenvalue weighted by Crippen LogP contribution is 2.38. The molecule has 0 spiro atoms. The molecule has 0 saturated carbocycles. The average Bonchev–Trinajstić information content (AvgIpc) is 3.06. The second-order valence-corrected chi connectivity index (χ2v) is 6.33. The number of amides is 1. The number of hydrogen-bond donors (Lipinski definition) is 1. The van der Waals surface area contributed by atoms with Gasteiger partial charge in [-0.1, -0.05) is 0 Å². The van der Waals surface area contributed by atoms with Gasteiger partial charge >= 0.3 is 6.18 Å². The molecule has 3 aromatic rings. The molecule has 8 nitrogen and oxygen atoms in total. The van der Waals surface area contributed by atoms with Gasteiger partial charge in [0.1, 0.15) is 22.9 Å². The Morgan fingerprint density at radius 2 is 1.87 bits per heavy atom. The van der Waals surface area contributed by atoms with Gasteiger partial charge in [0.2, 0.25) is 0 Å². The van der Waals surface area contributed by atoms with Gasteiger partial charge in [0.25, 0.3) is 11.6 Å². The van der Waals surface area contributed by atoms with Gasteiger partial charge in [-0.2, -0.15) is 18.3 Å². The number of nitro benzene ring substituents is 1. The Kier molecular flexibility index (Phi) is 5.90. The zero-order valence-electron chi connectivity index (χ0n) is 15.8. The largest absolute Gasteiger partial charge is 0.483 e. The van der Waals surface area contributed by atoms with Crippen LogP contribution in [0.1, 0.15) is 11.3 Å². The summed E-state index contributed by atoms with van der Waals surface area (Å²) in [5.74, 6) is -1.79. The summed E-state index contributed by atoms with van der Waals surface area (Å²) < 4.78 is 59.0. The molecule has 1 heterocycles. The number of anilines is 1. The maximum atomic E-state index is 13.2. The highest BCUT2D eigenvalue weighted by Gasteiger charge is 2.36. The molecule has 0 aliphatic rings. The van der Waals surface area contributed by atoms with Gasteiger partial charge in [-0.15, -0.1) is 0 Å². The number of nitrogens with one attached hydrogen (secondary N) is 1. The van der Waals surface area contributed by atoms with E-state index >= 15 is 0 Å². The third-order valence-electron chi connectivity index (χ3n) is 4.01. The lowest BCUT2D eigenvalue weighted by atomic mass is 10.1. The van der Waals surface area contributed by atoms with Crippen molar-refractivity contribution in [1.82, 2.24) is 9.78 Å². The van der Waals surface area contributed by atoms with Gasteiger partial charge < -0.3 is 10.1 Å². The molecule has 1 N–H and O–H groups in total. The van der Waals surface area contributed by atoms with Crippen molar-refractivity contribution in [2.24, 2.45) is 0 Å². The maximum absolute atomic E-state index is 13.2. The molecule has 0 bridgehead atoms. The van der Waals surface area contributed by atoms with E-state index in [9.17, 15) is 32.5 Å². The minimum absolute atomic E-state index is 0.192. The third-order valence-corrected chi connectivity index (χ3v) is 4.01. The quantitative estimate of drug-likeness (QED) is 0.352. The standard InChI is InChI=1S/C19H14F4N4O4/c1-11-8-17(26(25-11)13-4-2-12(20)3-5-13)24-18(28)10-31-16-7-6-14(27(29)30)9-15(16)19(21,22)23/h2-9H,10H2,1H3,(H,24,28). The van der Waals surface area contributed by atoms with Crippen LogP contribution in [0.2, 0.25) is 0 Å². The summed E-state index contributed by atoms with van der Waals surface area (Å²) in [6.07, 6.45) is -4.92. The van der Waals surface area contributed by atoms with Crippen molar-refractivity contribution in [3.8, 4) is 11.4 Å². The van der Waals surface area contributed by atoms with Gasteiger partial charge in [0.05, 0.1) is 16.3 Å². The van der Waals surface area contributed by atoms with E-state index in [0.717, 1.165) is 12.1 Å². The number of hydrogen-bond acceptors (Lipinski definition) is 5. The lowest BCUT2D eigenvalue weighted by Crippen LogP contribution is -2.22. The molecule has 12 heteroatoms. The summed E-state index contributed by atoms with van der Waals surface area (Å²) in [5, 5.41) is 17.4. The van der Waals surface area contributed by atoms with Gasteiger partial charge in [0, 0.05) is 18.2 Å². The molecule has 3 rings (SSSR count). The summed E-state index contributed by atoms with van der Waals surface area (Å²) >= 11 is 0. The van der Waals surface area contributed by atoms with Crippen LogP contribution < -0.4 is 10.1 Å². The summed E-state index contributed by atoms with van der Waals surface area (Å²) in [7, 11) is 0. The van der Waals surface area contributed by atoms with Crippen LogP contribution in [0.3, 0.4) is 0 Å². The van der Waals surface area contributed by atoms with Crippen molar-refractivity contribution in [3.63, 3.8) is 0 Å². The van der Waals surface area contributed by atoms with Gasteiger partial charge in [-0.05, 0) is 37.3 Å². The Bertz CT molecular complexity index is 1130. The van der Waals surface area contributed by atoms with Crippen LogP contribution in [0, 0.1) is 22.9 Å². The molecule has 0 aliphatic carbocycles. The van der Waals surface area contributed by atoms with Gasteiger partial charge in [0.15, 0.2) is 6.61 Å². The van der Waals surface area contributed by atoms with Crippen molar-refractivity contribution in [1.29, 1.82) is 0 Å². The third kappa shape index (κ3) is 5.15. The number of ether oxygens (including phenoxy) is 1. The number of non-ortho nitro benzene ring substituents is 1. The number of alkyl halides is 3. The Balaban J connectivity index is 1.76. The molecule has 0 fully saturated rings. The molecule has 0 atom stereocenters. The Labute approximate surface area is 172 Å². The number of carbonyl (C=O) groups excluding carboxylic acids is 1. The fourth-order valence-electron chi connectivity index (χ4n) is 2.67. The second-order valence-electron chi connectivity index (χ2n) is 6.33. The average molecular weight is 438 g/mol. The molecule has 1 amide bonds. The number of aryl methyl sites for hydroxylation is 1. The van der Waals surface area contributed by atoms with Crippen LogP contribution in [0.5, 0.6) is 5.75 Å². The highest BCUT2D eigenvalue weighted by atomic mass is 19.4. The minimum atomic E-state index is -4.92. The van der Waals surface area contributed by atoms with Crippen LogP contribution in [0.25, 0.3) is 5.69 Å². The molecule has 31 heavy (non-hydrogen) atoms. The summed E-state index contributed by atoms with van der Waals surface area (Å²) in [4.78, 5) is 22.0. The fourth-order valence-corrected chi connectivity index (χ4v) is 2.67. The number of rotatable bonds is 6. The van der Waals surface area contributed by atoms with Crippen molar-refractivity contribution in [2.75, 3.05) is 11.9 Å². The first-order valence-electron chi connectivity index (χ1n) is 8.65. The molecule has 0 radical (unpaired) electrons. The predicted molar refractivity (Wildman–Crippen MR) is 100 cm³/mol. The lowest BCUT2D eigenvalue weighted by molar-refractivity contribution is -0.385. The minimum Gasteiger partial charge on any atom is -0.483 e. The number of nitro groups is 1. The van der Waals surface area contributed by atoms with Crippen molar-refractivity contribution in [2.45, 2.75) is 13.1 Å². The van der Waals surface area contributed by atoms with E-state index in [-0.39, 0.29) is 5.82 Å². The summed E-state index contributed by atoms with van der Waals surface area (Å²) in [6.45, 7) is 0.854. The van der Waals surface area contributed by atoms with Crippen molar-refractivity contribution >= 4 is 17.4 Å². The summed E-state index contributed by atoms with van der Waals surface area (Å²) in [6, 6.07) is 8.73. The zero-order valence-corrected chi connectivity index (χ0v) is 15.8. The topological polar surface area (TPSA) is 99.3 Å². The van der Waals surface area contributed by atoms with E-state index in [2.05, 4.69) is 10.4 Å². The van der Waals surface area contributed by atoms with E-state index in [1.54, 1.807) is 6.92 Å². The van der Waals surface area contributed by atoms with E-state index in [1.807, 2.05) is 0 Å². The highest BCUT2D eigenvalue weighted by molar-refractivity contribution is 5.91. The molecule has 0 saturated heterocycles. The number of halogens is 4. The second kappa shape index (κ2) is 8.42. The van der Waals surface area contributed by atoms with E-state index in [1.165, 1.54) is 35.0 Å². The van der Waals surface area contributed by atoms with Crippen LogP contribution in [0.15, 0.2) is 48.5 Å². The lowest BCUT2D eigenvalue weighted by Gasteiger charge is -2.14. The number of carbonyl (C=O) groups is 1. The predicted octanol–water partition coefficient (Wildman–Crippen LogP) is 4.26. The van der Waals surface area contributed by atoms with Gasteiger partial charge in [-0.25, -0.2) is 9.07 Å². The van der Waals surface area contributed by atoms with E-state index in [4.69, 9.17) is 4.74 Å². The van der Waals surface area contributed by atoms with Crippen LogP contribution in [0.4, 0.5) is 29.1 Å². The van der Waals surface area contributed by atoms with E-state index < -0.39 is 46.4 Å². The number of aromatic nitrogens is 2. The zero-order chi connectivity index (χ0) is 22.8. The van der Waals surface area contributed by atoms with Crippen LogP contribution in [-0.4, -0.2) is 27.2 Å². The van der Waals surface area contributed by atoms with Crippen molar-refractivity contribution in [3.05, 3.63) is 75.7 Å². The molecule has 162 valence electrons. The van der Waals surface area contributed by atoms with Crippen LogP contribution >= 0.6 is 0 Å². The molecule has 0 aliphatic heterocycles. The smallest absolute Gasteiger partial charge is 0.420 e. The number of benzene rings is 2. The first-order valence-corrected chi connectivity index (χ1v) is 8.65. The van der Waals surface area contributed by atoms with Gasteiger partial charge in [-0.3, -0.25) is 14.9 Å². The Morgan fingerprint density at radius 1 is 1.19 bits per heavy atom.